The molecule has 1 atom stereocenters. The molecule has 0 aromatic heterocycles. The van der Waals surface area contributed by atoms with Crippen molar-refractivity contribution in [1.82, 2.24) is 10.2 Å². The van der Waals surface area contributed by atoms with E-state index in [2.05, 4.69) is 5.32 Å². The Hall–Kier alpha value is -2.78. The Balaban J connectivity index is 1.75. The summed E-state index contributed by atoms with van der Waals surface area (Å²) >= 11 is 19.4. The summed E-state index contributed by atoms with van der Waals surface area (Å²) in [7, 11) is -4.20. The van der Waals surface area contributed by atoms with Gasteiger partial charge in [0, 0.05) is 33.2 Å². The van der Waals surface area contributed by atoms with E-state index in [9.17, 15) is 18.0 Å². The Labute approximate surface area is 269 Å². The standard InChI is InChI=1S/C32H36Cl3N3O4S/c1-3-30(32(40)36-23-11-6-4-7-12-23)37(20-26-27(33)15-10-16-28(26)34)31(39)21-38(24-18-17-22(2)29(35)19-24)43(41,42)25-13-8-5-9-14-25/h5,8-10,13-19,23,30H,3-4,6-7,11-12,20-21H2,1-2H3,(H,36,40). The Morgan fingerprint density at radius 3 is 2.16 bits per heavy atom. The number of hydrogen-bond donors (Lipinski definition) is 1. The zero-order chi connectivity index (χ0) is 31.1. The summed E-state index contributed by atoms with van der Waals surface area (Å²) in [4.78, 5) is 29.4. The van der Waals surface area contributed by atoms with Gasteiger partial charge in [0.05, 0.1) is 10.6 Å². The molecule has 43 heavy (non-hydrogen) atoms. The van der Waals surface area contributed by atoms with Crippen LogP contribution in [-0.4, -0.2) is 43.8 Å². The lowest BCUT2D eigenvalue weighted by Crippen LogP contribution is -2.54. The molecule has 1 unspecified atom stereocenters. The molecule has 0 heterocycles. The molecule has 1 saturated carbocycles. The lowest BCUT2D eigenvalue weighted by molar-refractivity contribution is -0.140. The van der Waals surface area contributed by atoms with Crippen molar-refractivity contribution in [2.24, 2.45) is 0 Å². The Morgan fingerprint density at radius 1 is 0.907 bits per heavy atom. The fraction of sp³-hybridized carbons (Fsp3) is 0.375. The summed E-state index contributed by atoms with van der Waals surface area (Å²) in [6, 6.07) is 16.9. The van der Waals surface area contributed by atoms with Gasteiger partial charge in [0.1, 0.15) is 12.6 Å². The Bertz CT molecular complexity index is 1530. The zero-order valence-electron chi connectivity index (χ0n) is 24.2. The summed E-state index contributed by atoms with van der Waals surface area (Å²) in [5, 5.41) is 4.16. The van der Waals surface area contributed by atoms with Crippen molar-refractivity contribution in [3.05, 3.63) is 92.9 Å². The number of amides is 2. The molecule has 2 amide bonds. The third-order valence-electron chi connectivity index (χ3n) is 7.78. The molecule has 1 aliphatic rings. The van der Waals surface area contributed by atoms with E-state index in [1.54, 1.807) is 55.5 Å². The van der Waals surface area contributed by atoms with Crippen LogP contribution in [0.5, 0.6) is 0 Å². The normalized spacial score (nSPS) is 14.6. The van der Waals surface area contributed by atoms with Crippen molar-refractivity contribution in [2.75, 3.05) is 10.8 Å². The number of nitrogens with one attached hydrogen (secondary N) is 1. The second kappa shape index (κ2) is 14.8. The van der Waals surface area contributed by atoms with E-state index in [1.165, 1.54) is 23.1 Å². The number of hydrogen-bond acceptors (Lipinski definition) is 4. The van der Waals surface area contributed by atoms with Crippen molar-refractivity contribution in [2.45, 2.75) is 75.9 Å². The molecule has 1 fully saturated rings. The van der Waals surface area contributed by atoms with Crippen LogP contribution in [0.25, 0.3) is 0 Å². The van der Waals surface area contributed by atoms with Gasteiger partial charge in [0.25, 0.3) is 10.0 Å². The number of halogens is 3. The van der Waals surface area contributed by atoms with E-state index in [0.29, 0.717) is 27.1 Å². The first kappa shape index (κ1) is 33.1. The minimum absolute atomic E-state index is 0.0160. The molecule has 3 aromatic rings. The average Bonchev–Trinajstić information content (AvgIpc) is 2.99. The summed E-state index contributed by atoms with van der Waals surface area (Å²) in [6.07, 6.45) is 5.26. The highest BCUT2D eigenvalue weighted by atomic mass is 35.5. The number of carbonyl (C=O) groups is 2. The van der Waals surface area contributed by atoms with E-state index >= 15 is 0 Å². The minimum atomic E-state index is -4.20. The highest BCUT2D eigenvalue weighted by molar-refractivity contribution is 7.92. The molecule has 0 bridgehead atoms. The van der Waals surface area contributed by atoms with Crippen LogP contribution in [0.3, 0.4) is 0 Å². The lowest BCUT2D eigenvalue weighted by Gasteiger charge is -2.35. The number of sulfonamides is 1. The predicted molar refractivity (Wildman–Crippen MR) is 173 cm³/mol. The molecule has 4 rings (SSSR count). The van der Waals surface area contributed by atoms with E-state index in [1.807, 2.05) is 6.92 Å². The molecule has 230 valence electrons. The van der Waals surface area contributed by atoms with Crippen LogP contribution in [0.1, 0.15) is 56.6 Å². The SMILES string of the molecule is CCC(C(=O)NC1CCCCC1)N(Cc1c(Cl)cccc1Cl)C(=O)CN(c1ccc(C)c(Cl)c1)S(=O)(=O)c1ccccc1. The second-order valence-electron chi connectivity index (χ2n) is 10.7. The first-order valence-electron chi connectivity index (χ1n) is 14.4. The Morgan fingerprint density at radius 2 is 1.56 bits per heavy atom. The molecule has 1 N–H and O–H groups in total. The van der Waals surface area contributed by atoms with Crippen molar-refractivity contribution in [3.63, 3.8) is 0 Å². The number of carbonyl (C=O) groups excluding carboxylic acids is 2. The molecule has 1 aliphatic carbocycles. The first-order valence-corrected chi connectivity index (χ1v) is 17.0. The van der Waals surface area contributed by atoms with Crippen molar-refractivity contribution in [3.8, 4) is 0 Å². The molecule has 0 aliphatic heterocycles. The van der Waals surface area contributed by atoms with Gasteiger partial charge in [-0.25, -0.2) is 8.42 Å². The fourth-order valence-electron chi connectivity index (χ4n) is 5.30. The second-order valence-corrected chi connectivity index (χ2v) is 13.8. The minimum Gasteiger partial charge on any atom is -0.352 e. The third-order valence-corrected chi connectivity index (χ3v) is 10.7. The Kier molecular flexibility index (Phi) is 11.4. The monoisotopic (exact) mass is 663 g/mol. The van der Waals surface area contributed by atoms with Gasteiger partial charge < -0.3 is 10.2 Å². The summed E-state index contributed by atoms with van der Waals surface area (Å²) in [5.41, 5.74) is 1.46. The highest BCUT2D eigenvalue weighted by Crippen LogP contribution is 2.30. The molecule has 0 spiro atoms. The largest absolute Gasteiger partial charge is 0.352 e. The van der Waals surface area contributed by atoms with E-state index in [-0.39, 0.29) is 29.1 Å². The molecule has 3 aromatic carbocycles. The number of rotatable bonds is 11. The predicted octanol–water partition coefficient (Wildman–Crippen LogP) is 7.41. The van der Waals surface area contributed by atoms with Crippen LogP contribution in [-0.2, 0) is 26.2 Å². The van der Waals surface area contributed by atoms with Gasteiger partial charge in [-0.3, -0.25) is 13.9 Å². The molecular formula is C32H36Cl3N3O4S. The van der Waals surface area contributed by atoms with Gasteiger partial charge in [-0.05, 0) is 68.1 Å². The quantitative estimate of drug-likeness (QED) is 0.231. The van der Waals surface area contributed by atoms with Gasteiger partial charge in [-0.2, -0.15) is 0 Å². The van der Waals surface area contributed by atoms with Crippen LogP contribution < -0.4 is 9.62 Å². The smallest absolute Gasteiger partial charge is 0.264 e. The molecule has 11 heteroatoms. The molecule has 7 nitrogen and oxygen atoms in total. The van der Waals surface area contributed by atoms with Crippen LogP contribution in [0.2, 0.25) is 15.1 Å². The van der Waals surface area contributed by atoms with E-state index in [0.717, 1.165) is 42.0 Å². The van der Waals surface area contributed by atoms with E-state index in [4.69, 9.17) is 34.8 Å². The van der Waals surface area contributed by atoms with Gasteiger partial charge in [-0.1, -0.05) is 91.3 Å². The average molecular weight is 665 g/mol. The van der Waals surface area contributed by atoms with Gasteiger partial charge >= 0.3 is 0 Å². The number of benzene rings is 3. The van der Waals surface area contributed by atoms with Crippen LogP contribution >= 0.6 is 34.8 Å². The zero-order valence-corrected chi connectivity index (χ0v) is 27.3. The molecule has 0 radical (unpaired) electrons. The number of anilines is 1. The maximum atomic E-state index is 14.3. The van der Waals surface area contributed by atoms with Crippen molar-refractivity contribution in [1.29, 1.82) is 0 Å². The molecular weight excluding hydrogens is 629 g/mol. The first-order chi connectivity index (χ1) is 20.5. The van der Waals surface area contributed by atoms with Crippen LogP contribution in [0.4, 0.5) is 5.69 Å². The summed E-state index contributed by atoms with van der Waals surface area (Å²) in [6.45, 7) is 2.96. The lowest BCUT2D eigenvalue weighted by atomic mass is 9.95. The van der Waals surface area contributed by atoms with Crippen molar-refractivity contribution >= 4 is 62.3 Å². The third kappa shape index (κ3) is 8.04. The van der Waals surface area contributed by atoms with Crippen LogP contribution in [0, 0.1) is 6.92 Å². The highest BCUT2D eigenvalue weighted by Gasteiger charge is 2.35. The summed E-state index contributed by atoms with van der Waals surface area (Å²) < 4.78 is 29.0. The summed E-state index contributed by atoms with van der Waals surface area (Å²) in [5.74, 6) is -0.875. The van der Waals surface area contributed by atoms with Gasteiger partial charge in [0.2, 0.25) is 11.8 Å². The van der Waals surface area contributed by atoms with Crippen LogP contribution in [0.15, 0.2) is 71.6 Å². The van der Waals surface area contributed by atoms with Gasteiger partial charge in [0.15, 0.2) is 0 Å². The molecule has 0 saturated heterocycles. The van der Waals surface area contributed by atoms with Crippen molar-refractivity contribution < 1.29 is 18.0 Å². The number of nitrogens with zero attached hydrogens (tertiary/aromatic N) is 2. The fourth-order valence-corrected chi connectivity index (χ4v) is 7.42. The van der Waals surface area contributed by atoms with Gasteiger partial charge in [-0.15, -0.1) is 0 Å². The van der Waals surface area contributed by atoms with E-state index < -0.39 is 28.5 Å². The maximum Gasteiger partial charge on any atom is 0.264 e. The topological polar surface area (TPSA) is 86.8 Å². The number of aryl methyl sites for hydroxylation is 1. The maximum absolute atomic E-state index is 14.3.